The Morgan fingerprint density at radius 3 is 2.30 bits per heavy atom. The van der Waals surface area contributed by atoms with E-state index in [-0.39, 0.29) is 11.8 Å². The fraction of sp³-hybridized carbons (Fsp3) is 0.467. The van der Waals surface area contributed by atoms with Crippen LogP contribution >= 0.6 is 0 Å². The van der Waals surface area contributed by atoms with Gasteiger partial charge in [0.2, 0.25) is 5.91 Å². The third-order valence-electron chi connectivity index (χ3n) is 2.72. The van der Waals surface area contributed by atoms with E-state index in [2.05, 4.69) is 10.6 Å². The van der Waals surface area contributed by atoms with Crippen LogP contribution in [0, 0.1) is 5.92 Å². The molecule has 0 saturated heterocycles. The monoisotopic (exact) mass is 276 g/mol. The Morgan fingerprint density at radius 2 is 1.75 bits per heavy atom. The predicted molar refractivity (Wildman–Crippen MR) is 77.7 cm³/mol. The van der Waals surface area contributed by atoms with Crippen molar-refractivity contribution in [3.63, 3.8) is 0 Å². The van der Waals surface area contributed by atoms with Crippen LogP contribution in [0.25, 0.3) is 0 Å². The third kappa shape index (κ3) is 4.57. The highest BCUT2D eigenvalue weighted by molar-refractivity contribution is 5.95. The van der Waals surface area contributed by atoms with Gasteiger partial charge in [0.1, 0.15) is 5.60 Å². The van der Waals surface area contributed by atoms with E-state index in [0.717, 1.165) is 12.8 Å². The summed E-state index contributed by atoms with van der Waals surface area (Å²) in [7, 11) is 0. The lowest BCUT2D eigenvalue weighted by atomic mass is 10.2. The summed E-state index contributed by atoms with van der Waals surface area (Å²) in [5.74, 6) is 0.192. The van der Waals surface area contributed by atoms with Crippen molar-refractivity contribution in [2.75, 3.05) is 10.6 Å². The second-order valence-electron chi connectivity index (χ2n) is 5.97. The van der Waals surface area contributed by atoms with Crippen LogP contribution in [-0.4, -0.2) is 17.6 Å². The van der Waals surface area contributed by atoms with Crippen molar-refractivity contribution in [1.29, 1.82) is 0 Å². The molecule has 2 N–H and O–H groups in total. The van der Waals surface area contributed by atoms with Crippen LogP contribution in [0.5, 0.6) is 0 Å². The molecule has 1 aromatic rings. The van der Waals surface area contributed by atoms with Crippen molar-refractivity contribution in [2.45, 2.75) is 39.2 Å². The standard InChI is InChI=1S/C15H20N2O3/c1-15(2,3)20-14(19)17-12-6-4-5-11(9-12)16-13(18)10-7-8-10/h4-6,9-10H,7-8H2,1-3H3,(H,16,18)(H,17,19). The van der Waals surface area contributed by atoms with Crippen LogP contribution in [-0.2, 0) is 9.53 Å². The van der Waals surface area contributed by atoms with Crippen LogP contribution < -0.4 is 10.6 Å². The van der Waals surface area contributed by atoms with E-state index in [1.165, 1.54) is 0 Å². The minimum absolute atomic E-state index is 0.0411. The Morgan fingerprint density at radius 1 is 1.15 bits per heavy atom. The van der Waals surface area contributed by atoms with Crippen LogP contribution in [0.3, 0.4) is 0 Å². The Labute approximate surface area is 118 Å². The lowest BCUT2D eigenvalue weighted by Gasteiger charge is -2.19. The van der Waals surface area contributed by atoms with Gasteiger partial charge in [-0.25, -0.2) is 4.79 Å². The smallest absolute Gasteiger partial charge is 0.412 e. The van der Waals surface area contributed by atoms with Crippen LogP contribution in [0.4, 0.5) is 16.2 Å². The van der Waals surface area contributed by atoms with Crippen LogP contribution in [0.15, 0.2) is 24.3 Å². The van der Waals surface area contributed by atoms with Crippen molar-refractivity contribution in [3.05, 3.63) is 24.3 Å². The van der Waals surface area contributed by atoms with Gasteiger partial charge < -0.3 is 10.1 Å². The lowest BCUT2D eigenvalue weighted by Crippen LogP contribution is -2.27. The molecule has 5 nitrogen and oxygen atoms in total. The summed E-state index contributed by atoms with van der Waals surface area (Å²) >= 11 is 0. The number of nitrogens with one attached hydrogen (secondary N) is 2. The summed E-state index contributed by atoms with van der Waals surface area (Å²) in [4.78, 5) is 23.3. The number of hydrogen-bond donors (Lipinski definition) is 2. The molecule has 0 bridgehead atoms. The van der Waals surface area contributed by atoms with Gasteiger partial charge in [0, 0.05) is 17.3 Å². The van der Waals surface area contributed by atoms with Crippen molar-refractivity contribution in [2.24, 2.45) is 5.92 Å². The molecule has 2 amide bonds. The number of hydrogen-bond acceptors (Lipinski definition) is 3. The Hall–Kier alpha value is -2.04. The Bertz CT molecular complexity index is 516. The molecule has 0 unspecified atom stereocenters. The number of rotatable bonds is 3. The summed E-state index contributed by atoms with van der Waals surface area (Å²) in [6, 6.07) is 7.02. The van der Waals surface area contributed by atoms with Gasteiger partial charge >= 0.3 is 6.09 Å². The first kappa shape index (κ1) is 14.4. The van der Waals surface area contributed by atoms with Gasteiger partial charge in [-0.15, -0.1) is 0 Å². The summed E-state index contributed by atoms with van der Waals surface area (Å²) in [5, 5.41) is 5.48. The van der Waals surface area contributed by atoms with Crippen molar-refractivity contribution < 1.29 is 14.3 Å². The number of carbonyl (C=O) groups excluding carboxylic acids is 2. The maximum atomic E-state index is 11.7. The fourth-order valence-corrected chi connectivity index (χ4v) is 1.69. The zero-order chi connectivity index (χ0) is 14.8. The first-order chi connectivity index (χ1) is 9.33. The molecule has 1 aliphatic rings. The quantitative estimate of drug-likeness (QED) is 0.889. The van der Waals surface area contributed by atoms with Crippen LogP contribution in [0.1, 0.15) is 33.6 Å². The largest absolute Gasteiger partial charge is 0.444 e. The minimum atomic E-state index is -0.540. The van der Waals surface area contributed by atoms with E-state index in [1.54, 1.807) is 45.0 Å². The van der Waals surface area contributed by atoms with Gasteiger partial charge in [-0.3, -0.25) is 10.1 Å². The molecule has 1 aliphatic carbocycles. The molecule has 5 heteroatoms. The van der Waals surface area contributed by atoms with E-state index in [9.17, 15) is 9.59 Å². The van der Waals surface area contributed by atoms with Gasteiger partial charge in [0.05, 0.1) is 0 Å². The normalized spacial score (nSPS) is 14.6. The molecule has 0 aliphatic heterocycles. The molecule has 108 valence electrons. The zero-order valence-corrected chi connectivity index (χ0v) is 12.0. The molecule has 1 saturated carbocycles. The first-order valence-corrected chi connectivity index (χ1v) is 6.74. The molecular weight excluding hydrogens is 256 g/mol. The molecule has 1 fully saturated rings. The zero-order valence-electron chi connectivity index (χ0n) is 12.0. The Kier molecular flexibility index (Phi) is 3.97. The highest BCUT2D eigenvalue weighted by Gasteiger charge is 2.29. The van der Waals surface area contributed by atoms with Crippen molar-refractivity contribution >= 4 is 23.4 Å². The number of amides is 2. The van der Waals surface area contributed by atoms with Gasteiger partial charge in [-0.2, -0.15) is 0 Å². The average molecular weight is 276 g/mol. The van der Waals surface area contributed by atoms with E-state index < -0.39 is 11.7 Å². The van der Waals surface area contributed by atoms with Crippen LogP contribution in [0.2, 0.25) is 0 Å². The SMILES string of the molecule is CC(C)(C)OC(=O)Nc1cccc(NC(=O)C2CC2)c1. The molecule has 0 atom stereocenters. The van der Waals surface area contributed by atoms with E-state index in [1.807, 2.05) is 0 Å². The summed E-state index contributed by atoms with van der Waals surface area (Å²) < 4.78 is 5.17. The molecule has 1 aromatic carbocycles. The summed E-state index contributed by atoms with van der Waals surface area (Å²) in [6.07, 6.45) is 1.41. The van der Waals surface area contributed by atoms with Gasteiger partial charge in [-0.05, 0) is 51.8 Å². The summed E-state index contributed by atoms with van der Waals surface area (Å²) in [6.45, 7) is 5.41. The van der Waals surface area contributed by atoms with Gasteiger partial charge in [0.25, 0.3) is 0 Å². The second-order valence-corrected chi connectivity index (χ2v) is 5.97. The molecular formula is C15H20N2O3. The maximum absolute atomic E-state index is 11.7. The molecule has 0 aromatic heterocycles. The molecule has 20 heavy (non-hydrogen) atoms. The van der Waals surface area contributed by atoms with E-state index in [0.29, 0.717) is 11.4 Å². The highest BCUT2D eigenvalue weighted by atomic mass is 16.6. The van der Waals surface area contributed by atoms with E-state index >= 15 is 0 Å². The topological polar surface area (TPSA) is 67.4 Å². The van der Waals surface area contributed by atoms with Gasteiger partial charge in [0.15, 0.2) is 0 Å². The number of benzene rings is 1. The highest BCUT2D eigenvalue weighted by Crippen LogP contribution is 2.30. The number of anilines is 2. The third-order valence-corrected chi connectivity index (χ3v) is 2.72. The predicted octanol–water partition coefficient (Wildman–Crippen LogP) is 3.38. The average Bonchev–Trinajstić information content (AvgIpc) is 3.09. The molecule has 0 radical (unpaired) electrons. The molecule has 0 heterocycles. The minimum Gasteiger partial charge on any atom is -0.444 e. The Balaban J connectivity index is 1.95. The van der Waals surface area contributed by atoms with Crippen molar-refractivity contribution in [1.82, 2.24) is 0 Å². The maximum Gasteiger partial charge on any atom is 0.412 e. The van der Waals surface area contributed by atoms with Crippen molar-refractivity contribution in [3.8, 4) is 0 Å². The second kappa shape index (κ2) is 5.53. The number of ether oxygens (including phenoxy) is 1. The fourth-order valence-electron chi connectivity index (χ4n) is 1.69. The molecule has 0 spiro atoms. The summed E-state index contributed by atoms with van der Waals surface area (Å²) in [5.41, 5.74) is 0.727. The first-order valence-electron chi connectivity index (χ1n) is 6.74. The van der Waals surface area contributed by atoms with E-state index in [4.69, 9.17) is 4.74 Å². The molecule has 2 rings (SSSR count). The number of carbonyl (C=O) groups is 2. The lowest BCUT2D eigenvalue weighted by molar-refractivity contribution is -0.117. The van der Waals surface area contributed by atoms with Gasteiger partial charge in [-0.1, -0.05) is 6.07 Å².